The highest BCUT2D eigenvalue weighted by atomic mass is 32.1. The van der Waals surface area contributed by atoms with Crippen molar-refractivity contribution in [1.82, 2.24) is 20.0 Å². The molecule has 0 bridgehead atoms. The van der Waals surface area contributed by atoms with E-state index < -0.39 is 0 Å². The highest BCUT2D eigenvalue weighted by Crippen LogP contribution is 2.14. The first-order valence-corrected chi connectivity index (χ1v) is 10.3. The Bertz CT molecular complexity index is 498. The minimum absolute atomic E-state index is 0.0645. The first kappa shape index (κ1) is 20.2. The first-order valence-electron chi connectivity index (χ1n) is 9.47. The number of likely N-dealkylation sites (N-methyl/N-ethyl adjacent to an activating group) is 1. The molecule has 0 saturated carbocycles. The summed E-state index contributed by atoms with van der Waals surface area (Å²) in [5.74, 6) is 0.463. The van der Waals surface area contributed by atoms with E-state index in [0.29, 0.717) is 18.5 Å². The van der Waals surface area contributed by atoms with E-state index in [1.54, 1.807) is 11.3 Å². The van der Waals surface area contributed by atoms with Crippen LogP contribution in [0.25, 0.3) is 0 Å². The second-order valence-electron chi connectivity index (χ2n) is 7.44. The van der Waals surface area contributed by atoms with Crippen LogP contribution in [0.1, 0.15) is 32.1 Å². The van der Waals surface area contributed by atoms with Crippen molar-refractivity contribution in [1.29, 1.82) is 0 Å². The maximum atomic E-state index is 12.8. The molecule has 1 aromatic rings. The Labute approximate surface area is 157 Å². The van der Waals surface area contributed by atoms with Crippen LogP contribution in [0.2, 0.25) is 0 Å². The summed E-state index contributed by atoms with van der Waals surface area (Å²) in [7, 11) is 2.18. The molecule has 25 heavy (non-hydrogen) atoms. The fourth-order valence-electron chi connectivity index (χ4n) is 3.29. The molecule has 1 aliphatic heterocycles. The Morgan fingerprint density at radius 1 is 1.32 bits per heavy atom. The molecule has 1 aliphatic rings. The summed E-state index contributed by atoms with van der Waals surface area (Å²) in [6.45, 7) is 13.2. The quantitative estimate of drug-likeness (QED) is 0.769. The van der Waals surface area contributed by atoms with Gasteiger partial charge >= 0.3 is 6.03 Å². The Hall–Kier alpha value is -1.11. The Balaban J connectivity index is 1.87. The van der Waals surface area contributed by atoms with Crippen molar-refractivity contribution < 1.29 is 4.79 Å². The van der Waals surface area contributed by atoms with Crippen molar-refractivity contribution in [3.8, 4) is 0 Å². The molecule has 142 valence electrons. The largest absolute Gasteiger partial charge is 0.336 e. The van der Waals surface area contributed by atoms with Gasteiger partial charge in [0.1, 0.15) is 0 Å². The van der Waals surface area contributed by atoms with Crippen molar-refractivity contribution in [2.45, 2.75) is 39.8 Å². The molecular formula is C19H34N4OS. The summed E-state index contributed by atoms with van der Waals surface area (Å²) in [5.41, 5.74) is 0. The van der Waals surface area contributed by atoms with Crippen molar-refractivity contribution >= 4 is 17.4 Å². The van der Waals surface area contributed by atoms with Crippen LogP contribution in [-0.2, 0) is 6.54 Å². The van der Waals surface area contributed by atoms with E-state index in [1.807, 2.05) is 11.0 Å². The van der Waals surface area contributed by atoms with Gasteiger partial charge in [-0.05, 0) is 30.8 Å². The van der Waals surface area contributed by atoms with Crippen LogP contribution in [0.15, 0.2) is 17.5 Å². The highest BCUT2D eigenvalue weighted by Gasteiger charge is 2.23. The van der Waals surface area contributed by atoms with Crippen LogP contribution in [0.5, 0.6) is 0 Å². The third kappa shape index (κ3) is 6.60. The van der Waals surface area contributed by atoms with Gasteiger partial charge in [0.05, 0.1) is 6.54 Å². The molecule has 2 amide bonds. The molecular weight excluding hydrogens is 332 g/mol. The summed E-state index contributed by atoms with van der Waals surface area (Å²) in [5, 5.41) is 5.27. The zero-order valence-corrected chi connectivity index (χ0v) is 17.0. The van der Waals surface area contributed by atoms with Crippen molar-refractivity contribution in [3.63, 3.8) is 0 Å². The van der Waals surface area contributed by atoms with Gasteiger partial charge < -0.3 is 15.1 Å². The van der Waals surface area contributed by atoms with E-state index in [4.69, 9.17) is 0 Å². The standard InChI is InChI=1S/C19H34N4OS/c1-5-17(22-10-8-21(4)9-11-22)13-20-19(24)23(14-16(2)3)15-18-7-6-12-25-18/h6-7,12,16-17H,5,8-11,13-15H2,1-4H3,(H,20,24)/t17-/m0/s1. The predicted octanol–water partition coefficient (Wildman–Crippen LogP) is 2.94. The van der Waals surface area contributed by atoms with Gasteiger partial charge in [-0.3, -0.25) is 4.90 Å². The number of hydrogen-bond donors (Lipinski definition) is 1. The van der Waals surface area contributed by atoms with Crippen LogP contribution >= 0.6 is 11.3 Å². The number of hydrogen-bond acceptors (Lipinski definition) is 4. The number of nitrogens with one attached hydrogen (secondary N) is 1. The van der Waals surface area contributed by atoms with Gasteiger partial charge in [-0.1, -0.05) is 26.8 Å². The van der Waals surface area contributed by atoms with Crippen LogP contribution in [0.4, 0.5) is 4.79 Å². The SMILES string of the molecule is CC[C@@H](CNC(=O)N(Cc1cccs1)CC(C)C)N1CCN(C)CC1. The number of carbonyl (C=O) groups excluding carboxylic acids is 1. The summed E-state index contributed by atoms with van der Waals surface area (Å²) in [4.78, 5) is 20.8. The molecule has 0 spiro atoms. The number of rotatable bonds is 8. The molecule has 0 aromatic carbocycles. The fraction of sp³-hybridized carbons (Fsp3) is 0.737. The number of carbonyl (C=O) groups is 1. The Morgan fingerprint density at radius 3 is 2.60 bits per heavy atom. The molecule has 2 rings (SSSR count). The molecule has 5 nitrogen and oxygen atoms in total. The second kappa shape index (κ2) is 10.1. The molecule has 1 saturated heterocycles. The molecule has 6 heteroatoms. The van der Waals surface area contributed by atoms with E-state index in [1.165, 1.54) is 4.88 Å². The summed E-state index contributed by atoms with van der Waals surface area (Å²) < 4.78 is 0. The van der Waals surface area contributed by atoms with Gasteiger partial charge in [0.15, 0.2) is 0 Å². The van der Waals surface area contributed by atoms with E-state index >= 15 is 0 Å². The average Bonchev–Trinajstić information content (AvgIpc) is 3.08. The lowest BCUT2D eigenvalue weighted by molar-refractivity contribution is 0.107. The van der Waals surface area contributed by atoms with E-state index in [0.717, 1.165) is 45.7 Å². The Kier molecular flexibility index (Phi) is 8.19. The smallest absolute Gasteiger partial charge is 0.317 e. The molecule has 1 aromatic heterocycles. The lowest BCUT2D eigenvalue weighted by atomic mass is 10.1. The molecule has 1 fully saturated rings. The zero-order chi connectivity index (χ0) is 18.2. The maximum Gasteiger partial charge on any atom is 0.317 e. The van der Waals surface area contributed by atoms with Crippen LogP contribution < -0.4 is 5.32 Å². The maximum absolute atomic E-state index is 12.8. The molecule has 2 heterocycles. The third-order valence-corrected chi connectivity index (χ3v) is 5.68. The number of piperazine rings is 1. The normalized spacial score (nSPS) is 17.6. The lowest BCUT2D eigenvalue weighted by Gasteiger charge is -2.38. The predicted molar refractivity (Wildman–Crippen MR) is 106 cm³/mol. The summed E-state index contributed by atoms with van der Waals surface area (Å²) in [6.07, 6.45) is 1.07. The monoisotopic (exact) mass is 366 g/mol. The highest BCUT2D eigenvalue weighted by molar-refractivity contribution is 7.09. The fourth-order valence-corrected chi connectivity index (χ4v) is 4.01. The molecule has 0 unspecified atom stereocenters. The summed E-state index contributed by atoms with van der Waals surface area (Å²) in [6, 6.07) is 4.64. The van der Waals surface area contributed by atoms with Crippen molar-refractivity contribution in [3.05, 3.63) is 22.4 Å². The lowest BCUT2D eigenvalue weighted by Crippen LogP contribution is -2.53. The molecule has 1 N–H and O–H groups in total. The number of amides is 2. The van der Waals surface area contributed by atoms with Crippen molar-refractivity contribution in [2.75, 3.05) is 46.3 Å². The van der Waals surface area contributed by atoms with Crippen molar-refractivity contribution in [2.24, 2.45) is 5.92 Å². The minimum Gasteiger partial charge on any atom is -0.336 e. The minimum atomic E-state index is 0.0645. The zero-order valence-electron chi connectivity index (χ0n) is 16.2. The van der Waals surface area contributed by atoms with Crippen LogP contribution in [0.3, 0.4) is 0 Å². The molecule has 0 aliphatic carbocycles. The van der Waals surface area contributed by atoms with E-state index in [9.17, 15) is 4.79 Å². The Morgan fingerprint density at radius 2 is 2.04 bits per heavy atom. The molecule has 1 atom stereocenters. The van der Waals surface area contributed by atoms with Gasteiger partial charge in [-0.2, -0.15) is 0 Å². The third-order valence-electron chi connectivity index (χ3n) is 4.81. The number of thiophene rings is 1. The second-order valence-corrected chi connectivity index (χ2v) is 8.47. The first-order chi connectivity index (χ1) is 12.0. The van der Waals surface area contributed by atoms with E-state index in [2.05, 4.69) is 54.4 Å². The average molecular weight is 367 g/mol. The van der Waals surface area contributed by atoms with Gasteiger partial charge in [0.2, 0.25) is 0 Å². The summed E-state index contributed by atoms with van der Waals surface area (Å²) >= 11 is 1.71. The van der Waals surface area contributed by atoms with Crippen LogP contribution in [0, 0.1) is 5.92 Å². The topological polar surface area (TPSA) is 38.8 Å². The van der Waals surface area contributed by atoms with E-state index in [-0.39, 0.29) is 6.03 Å². The van der Waals surface area contributed by atoms with Gasteiger partial charge in [-0.25, -0.2) is 4.79 Å². The number of nitrogens with zero attached hydrogens (tertiary/aromatic N) is 3. The van der Waals surface area contributed by atoms with Gasteiger partial charge in [0, 0.05) is 50.2 Å². The number of urea groups is 1. The van der Waals surface area contributed by atoms with Gasteiger partial charge in [0.25, 0.3) is 0 Å². The van der Waals surface area contributed by atoms with Crippen LogP contribution in [-0.4, -0.2) is 73.1 Å². The van der Waals surface area contributed by atoms with Gasteiger partial charge in [-0.15, -0.1) is 11.3 Å². The molecule has 0 radical (unpaired) electrons.